The monoisotopic (exact) mass is 294 g/mol. The van der Waals surface area contributed by atoms with Crippen LogP contribution in [0, 0.1) is 0 Å². The quantitative estimate of drug-likeness (QED) is 0.407. The van der Waals surface area contributed by atoms with Gasteiger partial charge in [0.2, 0.25) is 6.33 Å². The molecule has 5 nitrogen and oxygen atoms in total. The fraction of sp³-hybridized carbons (Fsp3) is 0.727. The Labute approximate surface area is 116 Å². The second-order valence-electron chi connectivity index (χ2n) is 3.73. The Balaban J connectivity index is 0.00000289. The van der Waals surface area contributed by atoms with Crippen molar-refractivity contribution in [3.05, 3.63) is 18.7 Å². The Morgan fingerprint density at radius 3 is 1.89 bits per heavy atom. The molecule has 1 aromatic heterocycles. The predicted molar refractivity (Wildman–Crippen MR) is 66.2 cm³/mol. The lowest BCUT2D eigenvalue weighted by molar-refractivity contribution is -0.671. The van der Waals surface area contributed by atoms with E-state index in [0.29, 0.717) is 26.0 Å². The molecule has 0 N–H and O–H groups in total. The Hall–Kier alpha value is -0.403. The van der Waals surface area contributed by atoms with Gasteiger partial charge in [-0.25, -0.2) is 9.13 Å². The molecular weight excluding hydrogens is 272 g/mol. The average Bonchev–Trinajstić information content (AvgIpc) is 2.65. The van der Waals surface area contributed by atoms with Gasteiger partial charge in [0, 0.05) is 19.8 Å². The number of hydrogen-bond acceptors (Lipinski definition) is 3. The number of hydrogen-bond donors (Lipinski definition) is 0. The summed E-state index contributed by atoms with van der Waals surface area (Å²) in [5.41, 5.74) is 0. The van der Waals surface area contributed by atoms with E-state index in [9.17, 15) is 0 Å². The average molecular weight is 295 g/mol. The fourth-order valence-electron chi connectivity index (χ4n) is 1.74. The van der Waals surface area contributed by atoms with Gasteiger partial charge in [-0.15, -0.1) is 0 Å². The first-order valence-corrected chi connectivity index (χ1v) is 8.01. The smallest absolute Gasteiger partial charge is 0.545 e. The van der Waals surface area contributed by atoms with E-state index >= 15 is 0 Å². The highest BCUT2D eigenvalue weighted by molar-refractivity contribution is 6.59. The number of aromatic nitrogens is 2. The molecule has 0 aliphatic heterocycles. The molecule has 1 heterocycles. The van der Waals surface area contributed by atoms with Gasteiger partial charge in [-0.2, -0.15) is 0 Å². The van der Waals surface area contributed by atoms with E-state index in [2.05, 4.69) is 0 Å². The van der Waals surface area contributed by atoms with Crippen LogP contribution in [0.15, 0.2) is 18.7 Å². The molecule has 0 atom stereocenters. The Bertz CT molecular complexity index is 319. The Morgan fingerprint density at radius 1 is 1.06 bits per heavy atom. The molecule has 0 amide bonds. The molecule has 1 aromatic rings. The van der Waals surface area contributed by atoms with Gasteiger partial charge in [-0.3, -0.25) is 0 Å². The number of nitrogens with zero attached hydrogens (tertiary/aromatic N) is 2. The van der Waals surface area contributed by atoms with Crippen LogP contribution in [0.5, 0.6) is 0 Å². The first-order chi connectivity index (χ1) is 8.15. The fourth-order valence-corrected chi connectivity index (χ4v) is 4.22. The molecule has 0 spiro atoms. The summed E-state index contributed by atoms with van der Waals surface area (Å²) in [7, 11) is -0.586. The van der Waals surface area contributed by atoms with Crippen molar-refractivity contribution in [3.8, 4) is 0 Å². The molecular formula is C11H23ClN2O3Si. The number of rotatable bonds is 8. The van der Waals surface area contributed by atoms with Gasteiger partial charge in [0.15, 0.2) is 6.17 Å². The van der Waals surface area contributed by atoms with Crippen LogP contribution in [0.1, 0.15) is 20.8 Å². The minimum Gasteiger partial charge on any atom is -1.00 e. The summed E-state index contributed by atoms with van der Waals surface area (Å²) in [6.07, 6.45) is 6.64. The van der Waals surface area contributed by atoms with Crippen molar-refractivity contribution >= 4 is 8.80 Å². The maximum Gasteiger partial charge on any atom is 0.545 e. The van der Waals surface area contributed by atoms with E-state index in [1.165, 1.54) is 0 Å². The Kier molecular flexibility index (Phi) is 8.46. The number of halogens is 1. The third-order valence-corrected chi connectivity index (χ3v) is 5.23. The minimum atomic E-state index is -2.57. The molecule has 0 unspecified atom stereocenters. The lowest BCUT2D eigenvalue weighted by Crippen LogP contribution is -3.00. The van der Waals surface area contributed by atoms with E-state index in [1.807, 2.05) is 55.7 Å². The van der Waals surface area contributed by atoms with Gasteiger partial charge >= 0.3 is 8.80 Å². The van der Waals surface area contributed by atoms with Crippen molar-refractivity contribution in [2.75, 3.05) is 19.8 Å². The molecule has 0 radical (unpaired) electrons. The van der Waals surface area contributed by atoms with Gasteiger partial charge < -0.3 is 25.7 Å². The third kappa shape index (κ3) is 5.07. The first-order valence-electron chi connectivity index (χ1n) is 6.08. The van der Waals surface area contributed by atoms with E-state index in [-0.39, 0.29) is 12.4 Å². The molecule has 18 heavy (non-hydrogen) atoms. The van der Waals surface area contributed by atoms with E-state index < -0.39 is 8.80 Å². The van der Waals surface area contributed by atoms with Gasteiger partial charge in [-0.05, 0) is 20.8 Å². The second kappa shape index (κ2) is 8.66. The summed E-state index contributed by atoms with van der Waals surface area (Å²) in [6.45, 7) is 7.74. The van der Waals surface area contributed by atoms with E-state index in [4.69, 9.17) is 13.3 Å². The third-order valence-electron chi connectivity index (χ3n) is 2.29. The molecule has 7 heteroatoms. The highest BCUT2D eigenvalue weighted by atomic mass is 35.5. The zero-order chi connectivity index (χ0) is 12.7. The first kappa shape index (κ1) is 17.6. The van der Waals surface area contributed by atoms with Crippen LogP contribution in [0.2, 0.25) is 0 Å². The van der Waals surface area contributed by atoms with Crippen molar-refractivity contribution in [1.82, 2.24) is 4.57 Å². The van der Waals surface area contributed by atoms with Gasteiger partial charge in [0.1, 0.15) is 12.4 Å². The molecule has 0 aliphatic carbocycles. The number of aryl methyl sites for hydroxylation is 1. The largest absolute Gasteiger partial charge is 1.00 e. The topological polar surface area (TPSA) is 36.5 Å². The maximum atomic E-state index is 5.79. The van der Waals surface area contributed by atoms with E-state index in [1.54, 1.807) is 0 Å². The predicted octanol–water partition coefficient (Wildman–Crippen LogP) is -2.10. The van der Waals surface area contributed by atoms with Crippen LogP contribution in [0.3, 0.4) is 0 Å². The summed E-state index contributed by atoms with van der Waals surface area (Å²) in [4.78, 5) is 0. The van der Waals surface area contributed by atoms with Crippen molar-refractivity contribution in [3.63, 3.8) is 0 Å². The molecule has 0 fully saturated rings. The SMILES string of the molecule is CCO[Si](Cn1cc[n+](C)c1)(OCC)OCC.[Cl-]. The van der Waals surface area contributed by atoms with Gasteiger partial charge in [0.05, 0.1) is 7.05 Å². The van der Waals surface area contributed by atoms with Crippen LogP contribution in [-0.4, -0.2) is 33.2 Å². The molecule has 0 saturated carbocycles. The van der Waals surface area contributed by atoms with Gasteiger partial charge in [0.25, 0.3) is 0 Å². The number of imidazole rings is 1. The maximum absolute atomic E-state index is 5.79. The zero-order valence-corrected chi connectivity index (χ0v) is 13.3. The lowest BCUT2D eigenvalue weighted by atomic mass is 10.9. The molecule has 0 aliphatic rings. The van der Waals surface area contributed by atoms with Crippen LogP contribution < -0.4 is 17.0 Å². The van der Waals surface area contributed by atoms with Crippen molar-refractivity contribution in [2.45, 2.75) is 26.9 Å². The lowest BCUT2D eigenvalue weighted by Gasteiger charge is -2.26. The summed E-state index contributed by atoms with van der Waals surface area (Å²) in [5.74, 6) is 0. The van der Waals surface area contributed by atoms with E-state index in [0.717, 1.165) is 0 Å². The van der Waals surface area contributed by atoms with Crippen molar-refractivity contribution < 1.29 is 30.3 Å². The standard InChI is InChI=1S/C11H23N2O3Si.ClH/c1-5-14-17(15-6-2,16-7-3)11-13-9-8-12(4)10-13;/h8-10H,5-7,11H2,1-4H3;1H/q+1;/p-1. The summed E-state index contributed by atoms with van der Waals surface area (Å²) in [5, 5.41) is 0. The van der Waals surface area contributed by atoms with Crippen LogP contribution >= 0.6 is 0 Å². The molecule has 1 rings (SSSR count). The van der Waals surface area contributed by atoms with Crippen molar-refractivity contribution in [1.29, 1.82) is 0 Å². The highest BCUT2D eigenvalue weighted by Crippen LogP contribution is 2.12. The van der Waals surface area contributed by atoms with Gasteiger partial charge in [-0.1, -0.05) is 0 Å². The summed E-state index contributed by atoms with van der Waals surface area (Å²) in [6, 6.07) is 0. The second-order valence-corrected chi connectivity index (χ2v) is 6.28. The van der Waals surface area contributed by atoms with Crippen molar-refractivity contribution in [2.24, 2.45) is 7.05 Å². The molecule has 0 saturated heterocycles. The highest BCUT2D eigenvalue weighted by Gasteiger charge is 2.43. The normalized spacial score (nSPS) is 11.3. The molecule has 0 aromatic carbocycles. The molecule has 0 bridgehead atoms. The van der Waals surface area contributed by atoms with Crippen LogP contribution in [-0.2, 0) is 26.5 Å². The zero-order valence-electron chi connectivity index (χ0n) is 11.6. The Morgan fingerprint density at radius 2 is 1.56 bits per heavy atom. The molecule has 106 valence electrons. The van der Waals surface area contributed by atoms with Crippen LogP contribution in [0.25, 0.3) is 0 Å². The summed E-state index contributed by atoms with van der Waals surface area (Å²) >= 11 is 0. The minimum absolute atomic E-state index is 0. The summed E-state index contributed by atoms with van der Waals surface area (Å²) < 4.78 is 21.4. The van der Waals surface area contributed by atoms with Crippen LogP contribution in [0.4, 0.5) is 0 Å².